The first kappa shape index (κ1) is 24.4. The summed E-state index contributed by atoms with van der Waals surface area (Å²) in [5.41, 5.74) is 4.60. The lowest BCUT2D eigenvalue weighted by Crippen LogP contribution is -2.44. The second kappa shape index (κ2) is 10.7. The van der Waals surface area contributed by atoms with E-state index in [9.17, 15) is 14.4 Å². The number of amides is 2. The van der Waals surface area contributed by atoms with E-state index < -0.39 is 24.0 Å². The van der Waals surface area contributed by atoms with Gasteiger partial charge in [-0.1, -0.05) is 55.5 Å². The van der Waals surface area contributed by atoms with Crippen molar-refractivity contribution in [1.29, 1.82) is 0 Å². The van der Waals surface area contributed by atoms with E-state index in [0.29, 0.717) is 18.0 Å². The minimum absolute atomic E-state index is 0.00519. The van der Waals surface area contributed by atoms with Crippen molar-refractivity contribution in [2.75, 3.05) is 13.2 Å². The average Bonchev–Trinajstić information content (AvgIpc) is 3.45. The third kappa shape index (κ3) is 5.51. The van der Waals surface area contributed by atoms with E-state index in [2.05, 4.69) is 39.9 Å². The van der Waals surface area contributed by atoms with Gasteiger partial charge in [-0.25, -0.2) is 14.6 Å². The number of thiazole rings is 1. The predicted molar refractivity (Wildman–Crippen MR) is 133 cm³/mol. The van der Waals surface area contributed by atoms with Crippen LogP contribution in [0.2, 0.25) is 0 Å². The fourth-order valence-corrected chi connectivity index (χ4v) is 4.93. The fraction of sp³-hybridized carbons (Fsp3) is 0.308. The van der Waals surface area contributed by atoms with Crippen molar-refractivity contribution in [3.63, 3.8) is 0 Å². The Morgan fingerprint density at radius 3 is 2.29 bits per heavy atom. The number of carboxylic acids is 1. The third-order valence-electron chi connectivity index (χ3n) is 6.26. The predicted octanol–water partition coefficient (Wildman–Crippen LogP) is 4.06. The number of ether oxygens (including phenoxy) is 1. The summed E-state index contributed by atoms with van der Waals surface area (Å²) in [6, 6.07) is 15.8. The molecule has 8 nitrogen and oxygen atoms in total. The van der Waals surface area contributed by atoms with Gasteiger partial charge >= 0.3 is 12.1 Å². The maximum absolute atomic E-state index is 12.5. The summed E-state index contributed by atoms with van der Waals surface area (Å²) in [4.78, 5) is 39.9. The summed E-state index contributed by atoms with van der Waals surface area (Å²) in [6.45, 7) is 4.02. The summed E-state index contributed by atoms with van der Waals surface area (Å²) in [6.07, 6.45) is -0.132. The molecule has 1 aliphatic rings. The number of nitrogens with zero attached hydrogens (tertiary/aromatic N) is 1. The van der Waals surface area contributed by atoms with E-state index in [4.69, 9.17) is 9.84 Å². The number of hydrogen-bond acceptors (Lipinski definition) is 6. The van der Waals surface area contributed by atoms with Gasteiger partial charge in [-0.3, -0.25) is 4.79 Å². The van der Waals surface area contributed by atoms with Crippen LogP contribution in [0, 0.1) is 5.92 Å². The average molecular weight is 494 g/mol. The van der Waals surface area contributed by atoms with Gasteiger partial charge in [0.05, 0.1) is 10.9 Å². The van der Waals surface area contributed by atoms with Crippen molar-refractivity contribution >= 4 is 29.3 Å². The number of carbonyl (C=O) groups excluding carboxylic acids is 2. The smallest absolute Gasteiger partial charge is 0.407 e. The van der Waals surface area contributed by atoms with Gasteiger partial charge in [-0.2, -0.15) is 0 Å². The first-order chi connectivity index (χ1) is 16.8. The van der Waals surface area contributed by atoms with Gasteiger partial charge in [0.2, 0.25) is 5.91 Å². The lowest BCUT2D eigenvalue weighted by Gasteiger charge is -2.21. The van der Waals surface area contributed by atoms with E-state index in [1.165, 1.54) is 16.7 Å². The molecule has 35 heavy (non-hydrogen) atoms. The number of alkyl carbamates (subject to hydrolysis) is 1. The first-order valence-corrected chi connectivity index (χ1v) is 12.3. The van der Waals surface area contributed by atoms with E-state index in [-0.39, 0.29) is 24.1 Å². The lowest BCUT2D eigenvalue weighted by atomic mass is 9.98. The molecular weight excluding hydrogens is 466 g/mol. The molecule has 2 atom stereocenters. The minimum atomic E-state index is -1.07. The van der Waals surface area contributed by atoms with Gasteiger partial charge in [-0.05, 0) is 29.2 Å². The maximum Gasteiger partial charge on any atom is 0.407 e. The molecule has 2 amide bonds. The molecule has 0 saturated heterocycles. The number of benzene rings is 2. The molecule has 0 radical (unpaired) electrons. The summed E-state index contributed by atoms with van der Waals surface area (Å²) >= 11 is 1.24. The number of rotatable bonds is 9. The normalized spacial score (nSPS) is 13.9. The molecule has 9 heteroatoms. The van der Waals surface area contributed by atoms with Crippen LogP contribution < -0.4 is 10.6 Å². The van der Waals surface area contributed by atoms with E-state index >= 15 is 0 Å². The molecule has 1 aliphatic carbocycles. The van der Waals surface area contributed by atoms with E-state index in [0.717, 1.165) is 22.3 Å². The number of nitrogens with one attached hydrogen (secondary N) is 2. The lowest BCUT2D eigenvalue weighted by molar-refractivity contribution is -0.125. The summed E-state index contributed by atoms with van der Waals surface area (Å²) in [5.74, 6) is -1.80. The van der Waals surface area contributed by atoms with Gasteiger partial charge < -0.3 is 20.5 Å². The minimum Gasteiger partial charge on any atom is -0.476 e. The van der Waals surface area contributed by atoms with Crippen LogP contribution in [0.3, 0.4) is 0 Å². The Kier molecular flexibility index (Phi) is 7.45. The Bertz CT molecular complexity index is 1200. The highest BCUT2D eigenvalue weighted by Gasteiger charge is 2.29. The van der Waals surface area contributed by atoms with Crippen molar-refractivity contribution in [3.8, 4) is 11.1 Å². The van der Waals surface area contributed by atoms with Crippen LogP contribution in [0.25, 0.3) is 11.1 Å². The molecule has 3 aromatic rings. The highest BCUT2D eigenvalue weighted by Crippen LogP contribution is 2.44. The highest BCUT2D eigenvalue weighted by atomic mass is 32.1. The van der Waals surface area contributed by atoms with Crippen LogP contribution in [0.4, 0.5) is 4.79 Å². The van der Waals surface area contributed by atoms with Gasteiger partial charge in [0.1, 0.15) is 6.61 Å². The number of carboxylic acid groups (broad SMARTS) is 1. The van der Waals surface area contributed by atoms with Crippen LogP contribution in [0.5, 0.6) is 0 Å². The zero-order valence-corrected chi connectivity index (χ0v) is 20.3. The van der Waals surface area contributed by atoms with Crippen LogP contribution >= 0.6 is 11.3 Å². The molecule has 0 saturated carbocycles. The molecule has 4 rings (SSSR count). The molecule has 1 aromatic heterocycles. The first-order valence-electron chi connectivity index (χ1n) is 11.4. The van der Waals surface area contributed by atoms with Crippen molar-refractivity contribution < 1.29 is 24.2 Å². The summed E-state index contributed by atoms with van der Waals surface area (Å²) in [7, 11) is 0. The number of fused-ring (bicyclic) bond motifs is 3. The second-order valence-corrected chi connectivity index (χ2v) is 9.46. The molecule has 2 aromatic carbocycles. The molecule has 182 valence electrons. The van der Waals surface area contributed by atoms with Crippen LogP contribution in [0.15, 0.2) is 53.9 Å². The number of carbonyl (C=O) groups is 3. The molecular formula is C26H27N3O5S. The van der Waals surface area contributed by atoms with Gasteiger partial charge in [0.25, 0.3) is 0 Å². The molecule has 3 N–H and O–H groups in total. The van der Waals surface area contributed by atoms with Gasteiger partial charge in [0.15, 0.2) is 5.69 Å². The zero-order valence-electron chi connectivity index (χ0n) is 19.5. The Hall–Kier alpha value is -3.72. The fourth-order valence-electron chi connectivity index (χ4n) is 4.16. The summed E-state index contributed by atoms with van der Waals surface area (Å²) < 4.78 is 5.56. The quantitative estimate of drug-likeness (QED) is 0.414. The molecule has 1 heterocycles. The van der Waals surface area contributed by atoms with Crippen molar-refractivity contribution in [2.24, 2.45) is 5.92 Å². The summed E-state index contributed by atoms with van der Waals surface area (Å²) in [5, 5.41) is 16.6. The number of aromatic nitrogens is 1. The van der Waals surface area contributed by atoms with Crippen molar-refractivity contribution in [3.05, 3.63) is 75.7 Å². The Morgan fingerprint density at radius 2 is 1.69 bits per heavy atom. The van der Waals surface area contributed by atoms with Gasteiger partial charge in [-0.15, -0.1) is 11.3 Å². The Balaban J connectivity index is 1.25. The van der Waals surface area contributed by atoms with Crippen LogP contribution in [0.1, 0.15) is 46.4 Å². The molecule has 0 fully saturated rings. The topological polar surface area (TPSA) is 118 Å². The maximum atomic E-state index is 12.5. The van der Waals surface area contributed by atoms with E-state index in [1.807, 2.05) is 24.3 Å². The molecule has 0 bridgehead atoms. The standard InChI is InChI=1S/C26H27N3O5S/c1-15(24(30)27-12-11-23-29-22(14-35-23)25(31)32)16(2)28-26(33)34-13-21-19-9-5-3-7-17(19)18-8-4-6-10-20(18)21/h3-10,14-16,21H,11-13H2,1-2H3,(H,27,30)(H,28,33)(H,31,32). The molecule has 2 unspecified atom stereocenters. The van der Waals surface area contributed by atoms with E-state index in [1.54, 1.807) is 13.8 Å². The second-order valence-electron chi connectivity index (χ2n) is 8.52. The largest absolute Gasteiger partial charge is 0.476 e. The Labute approximate surface area is 207 Å². The van der Waals surface area contributed by atoms with Gasteiger partial charge in [0, 0.05) is 30.3 Å². The molecule has 0 spiro atoms. The highest BCUT2D eigenvalue weighted by molar-refractivity contribution is 7.09. The molecule has 0 aliphatic heterocycles. The number of aromatic carboxylic acids is 1. The zero-order chi connectivity index (χ0) is 24.9. The van der Waals surface area contributed by atoms with Crippen molar-refractivity contribution in [1.82, 2.24) is 15.6 Å². The van der Waals surface area contributed by atoms with Crippen LogP contribution in [-0.2, 0) is 16.0 Å². The third-order valence-corrected chi connectivity index (χ3v) is 7.17. The number of hydrogen-bond donors (Lipinski definition) is 3. The Morgan fingerprint density at radius 1 is 1.06 bits per heavy atom. The van der Waals surface area contributed by atoms with Crippen molar-refractivity contribution in [2.45, 2.75) is 32.2 Å². The monoisotopic (exact) mass is 493 g/mol. The van der Waals surface area contributed by atoms with Crippen LogP contribution in [-0.4, -0.2) is 47.3 Å². The SMILES string of the molecule is CC(NC(=O)OCC1c2ccccc2-c2ccccc21)C(C)C(=O)NCCc1nc(C(=O)O)cs1.